The summed E-state index contributed by atoms with van der Waals surface area (Å²) in [7, 11) is 0. The first kappa shape index (κ1) is 27.7. The van der Waals surface area contributed by atoms with Crippen LogP contribution in [0.2, 0.25) is 0 Å². The van der Waals surface area contributed by atoms with E-state index in [0.29, 0.717) is 11.5 Å². The number of aliphatic carboxylic acids is 1. The highest BCUT2D eigenvalue weighted by Gasteiger charge is 2.18. The first-order valence-electron chi connectivity index (χ1n) is 12.5. The molecule has 194 valence electrons. The van der Waals surface area contributed by atoms with Crippen LogP contribution in [0.5, 0.6) is 5.75 Å². The summed E-state index contributed by atoms with van der Waals surface area (Å²) in [5.74, 6) is -2.00. The molecule has 1 unspecified atom stereocenters. The molecular formula is C31H35NO5. The lowest BCUT2D eigenvalue weighted by atomic mass is 9.86. The SMILES string of the molecule is CC(C)CC(Oc1ccc(-c2ccc(C(C)(C)C)cc2)cc1)c1ccc(C(=O)NCC(=O)C(=O)O)cc1. The number of ketones is 1. The molecule has 0 radical (unpaired) electrons. The predicted molar refractivity (Wildman–Crippen MR) is 145 cm³/mol. The molecule has 0 heterocycles. The van der Waals surface area contributed by atoms with Gasteiger partial charge in [0, 0.05) is 5.56 Å². The summed E-state index contributed by atoms with van der Waals surface area (Å²) in [6.45, 7) is 10.3. The van der Waals surface area contributed by atoms with Crippen LogP contribution in [0.4, 0.5) is 0 Å². The number of rotatable bonds is 10. The minimum Gasteiger partial charge on any atom is -0.486 e. The number of Topliss-reactive ketones (excluding diaryl/α,β-unsaturated/α-hetero) is 1. The first-order valence-corrected chi connectivity index (χ1v) is 12.5. The van der Waals surface area contributed by atoms with Crippen LogP contribution in [0.3, 0.4) is 0 Å². The monoisotopic (exact) mass is 501 g/mol. The minimum atomic E-state index is -1.57. The van der Waals surface area contributed by atoms with Crippen LogP contribution in [0.15, 0.2) is 72.8 Å². The Morgan fingerprint density at radius 3 is 1.86 bits per heavy atom. The van der Waals surface area contributed by atoms with Crippen LogP contribution in [0.1, 0.15) is 68.6 Å². The summed E-state index contributed by atoms with van der Waals surface area (Å²) in [5, 5.41) is 11.0. The molecule has 0 aliphatic heterocycles. The maximum absolute atomic E-state index is 12.3. The molecule has 0 aromatic heterocycles. The molecule has 0 saturated carbocycles. The van der Waals surface area contributed by atoms with Crippen LogP contribution in [-0.2, 0) is 15.0 Å². The smallest absolute Gasteiger partial charge is 0.374 e. The van der Waals surface area contributed by atoms with Gasteiger partial charge in [-0.3, -0.25) is 9.59 Å². The number of amides is 1. The number of carboxylic acids is 1. The number of carbonyl (C=O) groups excluding carboxylic acids is 2. The van der Waals surface area contributed by atoms with Gasteiger partial charge in [-0.1, -0.05) is 83.1 Å². The Bertz CT molecular complexity index is 1220. The van der Waals surface area contributed by atoms with Crippen molar-refractivity contribution in [3.63, 3.8) is 0 Å². The molecule has 0 saturated heterocycles. The zero-order valence-corrected chi connectivity index (χ0v) is 22.1. The van der Waals surface area contributed by atoms with E-state index in [1.54, 1.807) is 12.1 Å². The third-order valence-electron chi connectivity index (χ3n) is 6.10. The van der Waals surface area contributed by atoms with Crippen molar-refractivity contribution in [3.05, 3.63) is 89.5 Å². The predicted octanol–water partition coefficient (Wildman–Crippen LogP) is 6.20. The number of nitrogens with one attached hydrogen (secondary N) is 1. The van der Waals surface area contributed by atoms with Crippen molar-refractivity contribution >= 4 is 17.7 Å². The maximum Gasteiger partial charge on any atom is 0.374 e. The second-order valence-electron chi connectivity index (χ2n) is 10.6. The van der Waals surface area contributed by atoms with Crippen LogP contribution in [0.25, 0.3) is 11.1 Å². The van der Waals surface area contributed by atoms with Gasteiger partial charge in [0.15, 0.2) is 0 Å². The number of hydrogen-bond donors (Lipinski definition) is 2. The summed E-state index contributed by atoms with van der Waals surface area (Å²) in [4.78, 5) is 34.1. The molecule has 0 spiro atoms. The molecular weight excluding hydrogens is 466 g/mol. The second kappa shape index (κ2) is 11.9. The topological polar surface area (TPSA) is 92.7 Å². The highest BCUT2D eigenvalue weighted by molar-refractivity contribution is 6.33. The fourth-order valence-corrected chi connectivity index (χ4v) is 3.92. The molecule has 0 aliphatic rings. The number of ether oxygens (including phenoxy) is 1. The Morgan fingerprint density at radius 2 is 1.38 bits per heavy atom. The minimum absolute atomic E-state index is 0.114. The van der Waals surface area contributed by atoms with Gasteiger partial charge in [0.05, 0.1) is 6.54 Å². The van der Waals surface area contributed by atoms with Gasteiger partial charge >= 0.3 is 5.97 Å². The van der Waals surface area contributed by atoms with Crippen LogP contribution in [-0.4, -0.2) is 29.3 Å². The number of carbonyl (C=O) groups is 3. The molecule has 6 nitrogen and oxygen atoms in total. The van der Waals surface area contributed by atoms with Crippen LogP contribution >= 0.6 is 0 Å². The van der Waals surface area contributed by atoms with Gasteiger partial charge in [-0.2, -0.15) is 0 Å². The number of benzene rings is 3. The van der Waals surface area contributed by atoms with Crippen molar-refractivity contribution in [1.82, 2.24) is 5.32 Å². The van der Waals surface area contributed by atoms with Crippen molar-refractivity contribution in [2.45, 2.75) is 52.6 Å². The zero-order valence-electron chi connectivity index (χ0n) is 22.1. The van der Waals surface area contributed by atoms with Gasteiger partial charge in [0.2, 0.25) is 0 Å². The Hall–Kier alpha value is -3.93. The largest absolute Gasteiger partial charge is 0.486 e. The standard InChI is InChI=1S/C31H35NO5/c1-20(2)18-28(23-6-8-24(9-7-23)29(34)32-19-27(33)30(35)36)37-26-16-12-22(13-17-26)21-10-14-25(15-11-21)31(3,4)5/h6-17,20,28H,18-19H2,1-5H3,(H,32,34)(H,35,36). The summed E-state index contributed by atoms with van der Waals surface area (Å²) >= 11 is 0. The second-order valence-corrected chi connectivity index (χ2v) is 10.6. The van der Waals surface area contributed by atoms with E-state index in [0.717, 1.165) is 28.9 Å². The lowest BCUT2D eigenvalue weighted by Crippen LogP contribution is -2.33. The fourth-order valence-electron chi connectivity index (χ4n) is 3.92. The Labute approximate surface area is 218 Å². The van der Waals surface area contributed by atoms with Crippen molar-refractivity contribution in [2.75, 3.05) is 6.54 Å². The third-order valence-corrected chi connectivity index (χ3v) is 6.10. The highest BCUT2D eigenvalue weighted by atomic mass is 16.5. The van der Waals surface area contributed by atoms with E-state index in [1.807, 2.05) is 24.3 Å². The van der Waals surface area contributed by atoms with E-state index in [2.05, 4.69) is 76.3 Å². The summed E-state index contributed by atoms with van der Waals surface area (Å²) in [5.41, 5.74) is 4.94. The Balaban J connectivity index is 1.70. The maximum atomic E-state index is 12.3. The van der Waals surface area contributed by atoms with E-state index in [1.165, 1.54) is 5.56 Å². The van der Waals surface area contributed by atoms with Gasteiger partial charge in [-0.05, 0) is 64.3 Å². The molecule has 3 aromatic carbocycles. The Kier molecular flexibility index (Phi) is 8.87. The van der Waals surface area contributed by atoms with Gasteiger partial charge in [-0.15, -0.1) is 0 Å². The molecule has 6 heteroatoms. The summed E-state index contributed by atoms with van der Waals surface area (Å²) in [6, 6.07) is 23.6. The van der Waals surface area contributed by atoms with Gasteiger partial charge in [0.25, 0.3) is 11.7 Å². The molecule has 0 fully saturated rings. The molecule has 3 rings (SSSR count). The first-order chi connectivity index (χ1) is 17.4. The molecule has 0 bridgehead atoms. The average molecular weight is 502 g/mol. The summed E-state index contributed by atoms with van der Waals surface area (Å²) in [6.07, 6.45) is 0.580. The van der Waals surface area contributed by atoms with Crippen molar-refractivity contribution in [1.29, 1.82) is 0 Å². The van der Waals surface area contributed by atoms with Crippen molar-refractivity contribution in [3.8, 4) is 16.9 Å². The van der Waals surface area contributed by atoms with Crippen molar-refractivity contribution < 1.29 is 24.2 Å². The van der Waals surface area contributed by atoms with Crippen molar-refractivity contribution in [2.24, 2.45) is 5.92 Å². The summed E-state index contributed by atoms with van der Waals surface area (Å²) < 4.78 is 6.36. The van der Waals surface area contributed by atoms with E-state index in [-0.39, 0.29) is 11.5 Å². The van der Waals surface area contributed by atoms with Crippen LogP contribution in [0, 0.1) is 5.92 Å². The van der Waals surface area contributed by atoms with E-state index < -0.39 is 24.2 Å². The molecule has 3 aromatic rings. The van der Waals surface area contributed by atoms with E-state index in [4.69, 9.17) is 9.84 Å². The molecule has 1 amide bonds. The lowest BCUT2D eigenvalue weighted by Gasteiger charge is -2.22. The lowest BCUT2D eigenvalue weighted by molar-refractivity contribution is -0.148. The van der Waals surface area contributed by atoms with Gasteiger partial charge in [0.1, 0.15) is 11.9 Å². The van der Waals surface area contributed by atoms with Crippen LogP contribution < -0.4 is 10.1 Å². The fraction of sp³-hybridized carbons (Fsp3) is 0.323. The zero-order chi connectivity index (χ0) is 27.2. The normalized spacial score (nSPS) is 12.2. The van der Waals surface area contributed by atoms with E-state index in [9.17, 15) is 14.4 Å². The molecule has 37 heavy (non-hydrogen) atoms. The quantitative estimate of drug-likeness (QED) is 0.323. The van der Waals surface area contributed by atoms with Gasteiger partial charge < -0.3 is 15.2 Å². The Morgan fingerprint density at radius 1 is 0.838 bits per heavy atom. The molecule has 1 atom stereocenters. The molecule has 2 N–H and O–H groups in total. The average Bonchev–Trinajstić information content (AvgIpc) is 2.86. The number of hydrogen-bond acceptors (Lipinski definition) is 4. The third kappa shape index (κ3) is 7.78. The van der Waals surface area contributed by atoms with Gasteiger partial charge in [-0.25, -0.2) is 4.79 Å². The van der Waals surface area contributed by atoms with E-state index >= 15 is 0 Å². The molecule has 0 aliphatic carbocycles. The number of carboxylic acid groups (broad SMARTS) is 1. The highest BCUT2D eigenvalue weighted by Crippen LogP contribution is 2.31.